The molecule has 0 aromatic rings. The minimum atomic E-state index is -4.96. The number of rotatable bonds is 82. The highest BCUT2D eigenvalue weighted by Gasteiger charge is 2.30. The molecule has 101 heavy (non-hydrogen) atoms. The second kappa shape index (κ2) is 74.9. The lowest BCUT2D eigenvalue weighted by molar-refractivity contribution is -0.161. The van der Waals surface area contributed by atoms with Gasteiger partial charge in [-0.3, -0.25) is 37.3 Å². The van der Waals surface area contributed by atoms with Gasteiger partial charge in [0.15, 0.2) is 12.2 Å². The maximum Gasteiger partial charge on any atom is 0.472 e. The van der Waals surface area contributed by atoms with Crippen molar-refractivity contribution >= 4 is 39.5 Å². The molecule has 19 heteroatoms. The number of phosphoric ester groups is 2. The van der Waals surface area contributed by atoms with Gasteiger partial charge in [-0.15, -0.1) is 0 Å². The summed E-state index contributed by atoms with van der Waals surface area (Å²) in [6.07, 6.45) is 66.4. The van der Waals surface area contributed by atoms with Crippen LogP contribution >= 0.6 is 15.6 Å². The zero-order chi connectivity index (χ0) is 74.1. The highest BCUT2D eigenvalue weighted by molar-refractivity contribution is 7.47. The maximum atomic E-state index is 13.1. The lowest BCUT2D eigenvalue weighted by Crippen LogP contribution is -2.30. The van der Waals surface area contributed by atoms with Crippen LogP contribution in [0, 0.1) is 5.92 Å². The smallest absolute Gasteiger partial charge is 0.462 e. The normalized spacial score (nSPS) is 13.8. The van der Waals surface area contributed by atoms with Gasteiger partial charge in [0.1, 0.15) is 19.3 Å². The quantitative estimate of drug-likeness (QED) is 0.0222. The number of phosphoric acid groups is 2. The van der Waals surface area contributed by atoms with Gasteiger partial charge >= 0.3 is 39.5 Å². The molecule has 0 saturated carbocycles. The van der Waals surface area contributed by atoms with Gasteiger partial charge in [0.2, 0.25) is 0 Å². The van der Waals surface area contributed by atoms with Crippen molar-refractivity contribution in [1.29, 1.82) is 0 Å². The molecule has 0 aliphatic carbocycles. The van der Waals surface area contributed by atoms with E-state index in [-0.39, 0.29) is 25.7 Å². The van der Waals surface area contributed by atoms with Crippen LogP contribution in [0.5, 0.6) is 0 Å². The van der Waals surface area contributed by atoms with Crippen LogP contribution in [-0.4, -0.2) is 96.7 Å². The zero-order valence-electron chi connectivity index (χ0n) is 66.1. The fraction of sp³-hybridized carbons (Fsp3) is 0.951. The standard InChI is InChI=1S/C82H160O17P2/c1-6-9-12-15-18-21-24-27-31-37-41-46-51-56-61-66-80(85)93-72-78(99-82(87)68-63-58-53-48-43-38-33-30-29-32-35-39-44-49-54-59-64-75(4)5)74-97-101(90,91)95-70-76(83)69-94-100(88,89)96-73-77(71-92-79(84)65-60-55-50-45-40-34-26-23-20-17-14-11-8-3)98-81(86)67-62-57-52-47-42-36-28-25-22-19-16-13-10-7-2/h75-78,83H,6-74H2,1-5H3,(H,88,89)(H,90,91)/t76-,77+,78+/m0/s1. The number of hydrogen-bond donors (Lipinski definition) is 3. The number of ether oxygens (including phenoxy) is 4. The van der Waals surface area contributed by atoms with Crippen molar-refractivity contribution in [2.75, 3.05) is 39.6 Å². The van der Waals surface area contributed by atoms with Gasteiger partial charge in [0.05, 0.1) is 26.4 Å². The van der Waals surface area contributed by atoms with Crippen LogP contribution in [0.3, 0.4) is 0 Å². The first-order chi connectivity index (χ1) is 49.0. The molecule has 0 aliphatic rings. The number of hydrogen-bond acceptors (Lipinski definition) is 15. The SMILES string of the molecule is CCCCCCCCCCCCCCCCCC(=O)OC[C@H](COP(=O)(O)OC[C@@H](O)COP(=O)(O)OC[C@@H](COC(=O)CCCCCCCCCCCCCCC)OC(=O)CCCCCCCCCCCCCCCC)OC(=O)CCCCCCCCCCCCCCCCCCC(C)C. The number of aliphatic hydroxyl groups excluding tert-OH is 1. The lowest BCUT2D eigenvalue weighted by atomic mass is 10.0. The van der Waals surface area contributed by atoms with Crippen LogP contribution in [0.4, 0.5) is 0 Å². The molecule has 5 atom stereocenters. The fourth-order valence-corrected chi connectivity index (χ4v) is 14.3. The van der Waals surface area contributed by atoms with Gasteiger partial charge in [-0.1, -0.05) is 388 Å². The predicted octanol–water partition coefficient (Wildman–Crippen LogP) is 24.8. The summed E-state index contributed by atoms with van der Waals surface area (Å²) in [5.74, 6) is -1.29. The van der Waals surface area contributed by atoms with Crippen LogP contribution < -0.4 is 0 Å². The van der Waals surface area contributed by atoms with Gasteiger partial charge in [-0.2, -0.15) is 0 Å². The summed E-state index contributed by atoms with van der Waals surface area (Å²) in [6, 6.07) is 0. The van der Waals surface area contributed by atoms with Gasteiger partial charge in [0.25, 0.3) is 0 Å². The Kier molecular flexibility index (Phi) is 73.5. The molecule has 0 aromatic heterocycles. The molecule has 2 unspecified atom stereocenters. The van der Waals surface area contributed by atoms with Crippen LogP contribution in [0.25, 0.3) is 0 Å². The van der Waals surface area contributed by atoms with Crippen LogP contribution in [0.15, 0.2) is 0 Å². The van der Waals surface area contributed by atoms with Crippen molar-refractivity contribution in [3.63, 3.8) is 0 Å². The van der Waals surface area contributed by atoms with E-state index in [2.05, 4.69) is 34.6 Å². The van der Waals surface area contributed by atoms with Crippen molar-refractivity contribution < 1.29 is 80.2 Å². The van der Waals surface area contributed by atoms with E-state index in [9.17, 15) is 43.2 Å². The summed E-state index contributed by atoms with van der Waals surface area (Å²) in [7, 11) is -9.92. The predicted molar refractivity (Wildman–Crippen MR) is 414 cm³/mol. The first-order valence-electron chi connectivity index (χ1n) is 42.6. The lowest BCUT2D eigenvalue weighted by Gasteiger charge is -2.21. The van der Waals surface area contributed by atoms with E-state index in [0.717, 1.165) is 95.8 Å². The Bertz CT molecular complexity index is 1930. The topological polar surface area (TPSA) is 237 Å². The second-order valence-corrected chi connectivity index (χ2v) is 32.9. The Morgan fingerprint density at radius 1 is 0.267 bits per heavy atom. The van der Waals surface area contributed by atoms with Crippen molar-refractivity contribution in [3.8, 4) is 0 Å². The number of esters is 4. The van der Waals surface area contributed by atoms with E-state index in [0.29, 0.717) is 25.7 Å². The van der Waals surface area contributed by atoms with E-state index in [4.69, 9.17) is 37.0 Å². The molecular formula is C82H160O17P2. The second-order valence-electron chi connectivity index (χ2n) is 30.0. The Hall–Kier alpha value is -1.94. The molecule has 0 fully saturated rings. The highest BCUT2D eigenvalue weighted by Crippen LogP contribution is 2.45. The molecule has 0 heterocycles. The molecule has 3 N–H and O–H groups in total. The molecule has 0 radical (unpaired) electrons. The fourth-order valence-electron chi connectivity index (χ4n) is 12.8. The molecule has 0 rings (SSSR count). The molecule has 0 aliphatic heterocycles. The van der Waals surface area contributed by atoms with Gasteiger partial charge < -0.3 is 33.8 Å². The van der Waals surface area contributed by atoms with E-state index in [1.54, 1.807) is 0 Å². The minimum Gasteiger partial charge on any atom is -0.462 e. The summed E-state index contributed by atoms with van der Waals surface area (Å²) in [5.41, 5.74) is 0. The van der Waals surface area contributed by atoms with Crippen LogP contribution in [0.1, 0.15) is 439 Å². The molecule has 0 saturated heterocycles. The summed E-state index contributed by atoms with van der Waals surface area (Å²) < 4.78 is 68.8. The van der Waals surface area contributed by atoms with E-state index >= 15 is 0 Å². The molecular weight excluding hydrogens is 1320 g/mol. The number of unbranched alkanes of at least 4 members (excludes halogenated alkanes) is 54. The van der Waals surface area contributed by atoms with Gasteiger partial charge in [-0.25, -0.2) is 9.13 Å². The van der Waals surface area contributed by atoms with Gasteiger partial charge in [0, 0.05) is 25.7 Å². The summed E-state index contributed by atoms with van der Waals surface area (Å²) in [6.45, 7) is 7.38. The molecule has 600 valence electrons. The molecule has 0 spiro atoms. The zero-order valence-corrected chi connectivity index (χ0v) is 67.8. The summed E-state index contributed by atoms with van der Waals surface area (Å²) in [4.78, 5) is 73.1. The maximum absolute atomic E-state index is 13.1. The minimum absolute atomic E-state index is 0.109. The number of aliphatic hydroxyl groups is 1. The molecule has 0 aromatic carbocycles. The Labute approximate surface area is 619 Å². The Morgan fingerprint density at radius 3 is 0.673 bits per heavy atom. The Morgan fingerprint density at radius 2 is 0.455 bits per heavy atom. The molecule has 17 nitrogen and oxygen atoms in total. The largest absolute Gasteiger partial charge is 0.472 e. The average Bonchev–Trinajstić information content (AvgIpc) is 0.958. The third-order valence-corrected chi connectivity index (χ3v) is 21.2. The first-order valence-corrected chi connectivity index (χ1v) is 45.6. The monoisotopic (exact) mass is 1480 g/mol. The number of carbonyl (C=O) groups excluding carboxylic acids is 4. The molecule has 0 bridgehead atoms. The van der Waals surface area contributed by atoms with E-state index in [1.807, 2.05) is 0 Å². The van der Waals surface area contributed by atoms with E-state index in [1.165, 1.54) is 263 Å². The number of carbonyl (C=O) groups is 4. The summed E-state index contributed by atoms with van der Waals surface area (Å²) in [5, 5.41) is 10.7. The van der Waals surface area contributed by atoms with E-state index < -0.39 is 97.5 Å². The van der Waals surface area contributed by atoms with Crippen molar-refractivity contribution in [2.24, 2.45) is 5.92 Å². The molecule has 0 amide bonds. The van der Waals surface area contributed by atoms with Gasteiger partial charge in [-0.05, 0) is 31.6 Å². The van der Waals surface area contributed by atoms with Crippen LogP contribution in [0.2, 0.25) is 0 Å². The van der Waals surface area contributed by atoms with Crippen molar-refractivity contribution in [2.45, 2.75) is 457 Å². The first kappa shape index (κ1) is 99.1. The third kappa shape index (κ3) is 76.1. The van der Waals surface area contributed by atoms with Crippen LogP contribution in [-0.2, 0) is 65.4 Å². The average molecular weight is 1480 g/mol. The van der Waals surface area contributed by atoms with Crippen molar-refractivity contribution in [3.05, 3.63) is 0 Å². The van der Waals surface area contributed by atoms with Crippen molar-refractivity contribution in [1.82, 2.24) is 0 Å². The highest BCUT2D eigenvalue weighted by atomic mass is 31.2. The summed E-state index contributed by atoms with van der Waals surface area (Å²) >= 11 is 0. The Balaban J connectivity index is 5.26. The third-order valence-electron chi connectivity index (χ3n) is 19.3.